The van der Waals surface area contributed by atoms with Crippen LogP contribution in [0.1, 0.15) is 19.8 Å². The van der Waals surface area contributed by atoms with Crippen molar-refractivity contribution in [2.75, 3.05) is 0 Å². The maximum absolute atomic E-state index is 6.00. The molecule has 0 aliphatic rings. The van der Waals surface area contributed by atoms with Crippen molar-refractivity contribution in [3.63, 3.8) is 0 Å². The van der Waals surface area contributed by atoms with Crippen LogP contribution in [0.3, 0.4) is 0 Å². The van der Waals surface area contributed by atoms with E-state index in [1.54, 1.807) is 0 Å². The van der Waals surface area contributed by atoms with E-state index < -0.39 is 0 Å². The van der Waals surface area contributed by atoms with Crippen molar-refractivity contribution in [1.29, 1.82) is 0 Å². The molecule has 0 fully saturated rings. The van der Waals surface area contributed by atoms with E-state index in [9.17, 15) is 0 Å². The Morgan fingerprint density at radius 1 is 1.43 bits per heavy atom. The summed E-state index contributed by atoms with van der Waals surface area (Å²) >= 11 is 0. The van der Waals surface area contributed by atoms with E-state index in [1.807, 2.05) is 0 Å². The van der Waals surface area contributed by atoms with Crippen molar-refractivity contribution in [2.45, 2.75) is 19.8 Å². The summed E-state index contributed by atoms with van der Waals surface area (Å²) in [6.07, 6.45) is 2.28. The molecule has 0 aromatic rings. The van der Waals surface area contributed by atoms with Crippen molar-refractivity contribution in [2.24, 2.45) is 0 Å². The van der Waals surface area contributed by atoms with Gasteiger partial charge in [0.2, 0.25) is 0 Å². The largest absolute Gasteiger partial charge is 1.00 e. The molecule has 0 aromatic heterocycles. The van der Waals surface area contributed by atoms with Crippen molar-refractivity contribution in [3.05, 3.63) is 6.92 Å². The average Bonchev–Trinajstić information content (AvgIpc) is 1.72. The molecule has 40 valence electrons. The molecule has 0 amide bonds. The Hall–Kier alpha value is 0.517. The van der Waals surface area contributed by atoms with Crippen LogP contribution >= 0.6 is 0 Å². The van der Waals surface area contributed by atoms with Crippen LogP contribution in [0.25, 0.3) is 0 Å². The summed E-state index contributed by atoms with van der Waals surface area (Å²) in [5, 5.41) is 12.0. The molecule has 0 atom stereocenters. The van der Waals surface area contributed by atoms with Gasteiger partial charge < -0.3 is 6.92 Å². The summed E-state index contributed by atoms with van der Waals surface area (Å²) in [6.45, 7) is 5.72. The molecule has 0 saturated heterocycles. The van der Waals surface area contributed by atoms with Gasteiger partial charge in [-0.25, -0.2) is 0 Å². The zero-order valence-corrected chi connectivity index (χ0v) is 5.02. The second kappa shape index (κ2) is 31.3. The maximum Gasteiger partial charge on any atom is 1.00 e. The van der Waals surface area contributed by atoms with Gasteiger partial charge in [0, 0.05) is 0 Å². The van der Waals surface area contributed by atoms with Gasteiger partial charge in [0.25, 0.3) is 0 Å². The van der Waals surface area contributed by atoms with Crippen LogP contribution in [-0.4, -0.2) is 10.5 Å². The standard InChI is InChI=1S/C4H9.Li.H2O2/c1-3-4-2;;1-2/h1,3-4H2,2H3;;1-2H/q-1;+1;. The molecular formula is C4H11LiO2. The van der Waals surface area contributed by atoms with Crippen LogP contribution in [0.2, 0.25) is 0 Å². The molecule has 0 spiro atoms. The third kappa shape index (κ3) is 57.8. The van der Waals surface area contributed by atoms with Gasteiger partial charge in [-0.2, -0.15) is 6.42 Å². The third-order valence-corrected chi connectivity index (χ3v) is 0.354. The normalized spacial score (nSPS) is 5.14. The van der Waals surface area contributed by atoms with Crippen LogP contribution in [0.5, 0.6) is 0 Å². The van der Waals surface area contributed by atoms with Crippen LogP contribution in [0.15, 0.2) is 0 Å². The Kier molecular flexibility index (Phi) is 70.0. The van der Waals surface area contributed by atoms with Gasteiger partial charge in [-0.3, -0.25) is 10.5 Å². The van der Waals surface area contributed by atoms with Gasteiger partial charge in [0.05, 0.1) is 0 Å². The Morgan fingerprint density at radius 3 is 1.57 bits per heavy atom. The zero-order chi connectivity index (χ0) is 5.41. The maximum atomic E-state index is 6.00. The molecular weight excluding hydrogens is 87.0 g/mol. The minimum Gasteiger partial charge on any atom is -0.343 e. The summed E-state index contributed by atoms with van der Waals surface area (Å²) < 4.78 is 0. The summed E-state index contributed by atoms with van der Waals surface area (Å²) in [6, 6.07) is 0. The number of hydrogen-bond donors (Lipinski definition) is 2. The SMILES string of the molecule is OO.[CH2-]CCC.[Li+]. The van der Waals surface area contributed by atoms with Crippen molar-refractivity contribution < 1.29 is 29.4 Å². The number of unbranched alkanes of at least 4 members (excludes halogenated alkanes) is 1. The van der Waals surface area contributed by atoms with Gasteiger partial charge in [-0.15, -0.1) is 0 Å². The zero-order valence-electron chi connectivity index (χ0n) is 5.02. The quantitative estimate of drug-likeness (QED) is 0.184. The van der Waals surface area contributed by atoms with E-state index in [1.165, 1.54) is 6.42 Å². The second-order valence-electron chi connectivity index (χ2n) is 0.854. The molecule has 0 radical (unpaired) electrons. The smallest absolute Gasteiger partial charge is 0.343 e. The van der Waals surface area contributed by atoms with Crippen molar-refractivity contribution in [1.82, 2.24) is 0 Å². The van der Waals surface area contributed by atoms with Crippen LogP contribution in [0.4, 0.5) is 0 Å². The van der Waals surface area contributed by atoms with Gasteiger partial charge in [0.15, 0.2) is 0 Å². The molecule has 0 aliphatic carbocycles. The van der Waals surface area contributed by atoms with E-state index in [-0.39, 0.29) is 18.9 Å². The summed E-state index contributed by atoms with van der Waals surface area (Å²) in [4.78, 5) is 0. The monoisotopic (exact) mass is 98.1 g/mol. The fourth-order valence-electron chi connectivity index (χ4n) is 0. The molecule has 2 nitrogen and oxygen atoms in total. The van der Waals surface area contributed by atoms with Crippen LogP contribution in [-0.2, 0) is 0 Å². The van der Waals surface area contributed by atoms with Gasteiger partial charge in [-0.1, -0.05) is 13.3 Å². The first-order valence-electron chi connectivity index (χ1n) is 1.91. The number of rotatable bonds is 1. The molecule has 0 aliphatic heterocycles. The van der Waals surface area contributed by atoms with Crippen LogP contribution < -0.4 is 18.9 Å². The topological polar surface area (TPSA) is 40.5 Å². The Bertz CT molecular complexity index is 11.7. The molecule has 0 aromatic carbocycles. The first kappa shape index (κ1) is 15.6. The second-order valence-corrected chi connectivity index (χ2v) is 0.854. The molecule has 0 rings (SSSR count). The van der Waals surface area contributed by atoms with E-state index in [0.29, 0.717) is 0 Å². The Balaban J connectivity index is -0.0000000480. The molecule has 0 saturated carbocycles. The Morgan fingerprint density at radius 2 is 1.57 bits per heavy atom. The molecule has 2 N–H and O–H groups in total. The minimum atomic E-state index is 0. The summed E-state index contributed by atoms with van der Waals surface area (Å²) in [5.74, 6) is 0. The summed E-state index contributed by atoms with van der Waals surface area (Å²) in [5.41, 5.74) is 0. The fraction of sp³-hybridized carbons (Fsp3) is 0.750. The first-order chi connectivity index (χ1) is 2.91. The van der Waals surface area contributed by atoms with Gasteiger partial charge >= 0.3 is 18.9 Å². The predicted molar refractivity (Wildman–Crippen MR) is 25.5 cm³/mol. The minimum absolute atomic E-state index is 0. The molecule has 0 heterocycles. The molecule has 7 heavy (non-hydrogen) atoms. The first-order valence-corrected chi connectivity index (χ1v) is 1.91. The molecule has 0 unspecified atom stereocenters. The van der Waals surface area contributed by atoms with Crippen LogP contribution in [0, 0.1) is 6.92 Å². The Labute approximate surface area is 56.7 Å². The fourth-order valence-corrected chi connectivity index (χ4v) is 0. The molecule has 3 heteroatoms. The van der Waals surface area contributed by atoms with E-state index in [2.05, 4.69) is 13.8 Å². The third-order valence-electron chi connectivity index (χ3n) is 0.354. The summed E-state index contributed by atoms with van der Waals surface area (Å²) in [7, 11) is 0. The van der Waals surface area contributed by atoms with Gasteiger partial charge in [-0.05, 0) is 0 Å². The average molecular weight is 98.1 g/mol. The van der Waals surface area contributed by atoms with E-state index >= 15 is 0 Å². The van der Waals surface area contributed by atoms with Crippen molar-refractivity contribution in [3.8, 4) is 0 Å². The van der Waals surface area contributed by atoms with Crippen molar-refractivity contribution >= 4 is 0 Å². The van der Waals surface area contributed by atoms with E-state index in [4.69, 9.17) is 10.5 Å². The number of hydrogen-bond acceptors (Lipinski definition) is 2. The predicted octanol–water partition coefficient (Wildman–Crippen LogP) is -1.36. The van der Waals surface area contributed by atoms with Gasteiger partial charge in [0.1, 0.15) is 0 Å². The molecule has 0 bridgehead atoms. The van der Waals surface area contributed by atoms with E-state index in [0.717, 1.165) is 6.42 Å².